The molecule has 0 aliphatic rings. The Balaban J connectivity index is 1.94. The summed E-state index contributed by atoms with van der Waals surface area (Å²) in [5, 5.41) is 6.54. The zero-order valence-electron chi connectivity index (χ0n) is 13.2. The molecule has 1 aromatic heterocycles. The second kappa shape index (κ2) is 8.10. The van der Waals surface area contributed by atoms with Gasteiger partial charge in [0.15, 0.2) is 0 Å². The van der Waals surface area contributed by atoms with E-state index in [4.69, 9.17) is 0 Å². The van der Waals surface area contributed by atoms with Gasteiger partial charge >= 0.3 is 0 Å². The van der Waals surface area contributed by atoms with Crippen LogP contribution < -0.4 is 10.6 Å². The van der Waals surface area contributed by atoms with Crippen molar-refractivity contribution in [3.63, 3.8) is 0 Å². The first kappa shape index (κ1) is 16.7. The quantitative estimate of drug-likeness (QED) is 0.735. The van der Waals surface area contributed by atoms with Crippen LogP contribution in [0.4, 0.5) is 17.5 Å². The zero-order chi connectivity index (χ0) is 15.9. The molecule has 6 heteroatoms. The molecule has 1 heterocycles. The lowest BCUT2D eigenvalue weighted by Gasteiger charge is -2.11. The average Bonchev–Trinajstić information content (AvgIpc) is 2.48. The van der Waals surface area contributed by atoms with E-state index in [1.165, 1.54) is 5.56 Å². The fourth-order valence-electron chi connectivity index (χ4n) is 1.93. The van der Waals surface area contributed by atoms with Gasteiger partial charge in [-0.3, -0.25) is 0 Å². The first-order valence-corrected chi connectivity index (χ1v) is 8.09. The van der Waals surface area contributed by atoms with Crippen molar-refractivity contribution in [2.24, 2.45) is 0 Å². The highest BCUT2D eigenvalue weighted by Crippen LogP contribution is 2.22. The number of benzene rings is 1. The first-order chi connectivity index (χ1) is 10.5. The van der Waals surface area contributed by atoms with Crippen LogP contribution >= 0.6 is 15.9 Å². The minimum Gasteiger partial charge on any atom is -0.370 e. The number of rotatable bonds is 7. The number of hydrogen-bond donors (Lipinski definition) is 2. The summed E-state index contributed by atoms with van der Waals surface area (Å²) >= 11 is 3.53. The highest BCUT2D eigenvalue weighted by Gasteiger charge is 2.02. The molecule has 0 saturated heterocycles. The molecule has 0 spiro atoms. The van der Waals surface area contributed by atoms with Crippen LogP contribution in [0.25, 0.3) is 0 Å². The lowest BCUT2D eigenvalue weighted by molar-refractivity contribution is 0.405. The molecular weight excluding hydrogens is 342 g/mol. The maximum atomic E-state index is 4.47. The van der Waals surface area contributed by atoms with E-state index < -0.39 is 0 Å². The molecule has 0 saturated carbocycles. The fourth-order valence-corrected chi connectivity index (χ4v) is 2.31. The Morgan fingerprint density at radius 3 is 2.77 bits per heavy atom. The first-order valence-electron chi connectivity index (χ1n) is 7.29. The van der Waals surface area contributed by atoms with Crippen molar-refractivity contribution >= 4 is 33.4 Å². The van der Waals surface area contributed by atoms with Gasteiger partial charge in [-0.2, -0.15) is 4.98 Å². The number of anilines is 3. The molecule has 0 unspecified atom stereocenters. The molecule has 5 nitrogen and oxygen atoms in total. The maximum Gasteiger partial charge on any atom is 0.229 e. The fraction of sp³-hybridized carbons (Fsp3) is 0.375. The van der Waals surface area contributed by atoms with E-state index in [9.17, 15) is 0 Å². The Morgan fingerprint density at radius 2 is 2.05 bits per heavy atom. The van der Waals surface area contributed by atoms with Gasteiger partial charge in [0.05, 0.1) is 0 Å². The standard InChI is InChI=1S/C16H22BrN5/c1-12-5-6-13(11-14(12)17)20-16-19-9-7-15(21-16)18-8-4-10-22(2)3/h5-7,9,11H,4,8,10H2,1-3H3,(H2,18,19,20,21). The van der Waals surface area contributed by atoms with Crippen molar-refractivity contribution < 1.29 is 0 Å². The monoisotopic (exact) mass is 363 g/mol. The minimum atomic E-state index is 0.591. The van der Waals surface area contributed by atoms with E-state index in [0.29, 0.717) is 5.95 Å². The Kier molecular flexibility index (Phi) is 6.15. The second-order valence-electron chi connectivity index (χ2n) is 5.44. The molecule has 1 aromatic carbocycles. The van der Waals surface area contributed by atoms with Crippen molar-refractivity contribution in [2.45, 2.75) is 13.3 Å². The summed E-state index contributed by atoms with van der Waals surface area (Å²) < 4.78 is 1.07. The number of aryl methyl sites for hydroxylation is 1. The third-order valence-electron chi connectivity index (χ3n) is 3.17. The summed E-state index contributed by atoms with van der Waals surface area (Å²) in [7, 11) is 4.15. The van der Waals surface area contributed by atoms with E-state index in [1.807, 2.05) is 18.2 Å². The van der Waals surface area contributed by atoms with Gasteiger partial charge < -0.3 is 15.5 Å². The van der Waals surface area contributed by atoms with Crippen molar-refractivity contribution in [1.82, 2.24) is 14.9 Å². The lowest BCUT2D eigenvalue weighted by Crippen LogP contribution is -2.16. The average molecular weight is 364 g/mol. The van der Waals surface area contributed by atoms with Crippen LogP contribution in [0.15, 0.2) is 34.9 Å². The van der Waals surface area contributed by atoms with Crippen molar-refractivity contribution in [2.75, 3.05) is 37.8 Å². The summed E-state index contributed by atoms with van der Waals surface area (Å²) in [6.07, 6.45) is 2.83. The summed E-state index contributed by atoms with van der Waals surface area (Å²) in [4.78, 5) is 10.9. The van der Waals surface area contributed by atoms with Gasteiger partial charge in [-0.1, -0.05) is 22.0 Å². The summed E-state index contributed by atoms with van der Waals surface area (Å²) in [5.41, 5.74) is 2.16. The van der Waals surface area contributed by atoms with Gasteiger partial charge in [0.1, 0.15) is 5.82 Å². The van der Waals surface area contributed by atoms with Crippen LogP contribution in [-0.4, -0.2) is 42.1 Å². The van der Waals surface area contributed by atoms with E-state index in [0.717, 1.165) is 35.5 Å². The molecule has 2 rings (SSSR count). The van der Waals surface area contributed by atoms with Crippen molar-refractivity contribution in [3.05, 3.63) is 40.5 Å². The van der Waals surface area contributed by atoms with Crippen LogP contribution in [0.1, 0.15) is 12.0 Å². The predicted molar refractivity (Wildman–Crippen MR) is 95.9 cm³/mol. The van der Waals surface area contributed by atoms with E-state index >= 15 is 0 Å². The second-order valence-corrected chi connectivity index (χ2v) is 6.29. The van der Waals surface area contributed by atoms with Crippen LogP contribution in [0.3, 0.4) is 0 Å². The molecule has 0 aliphatic carbocycles. The highest BCUT2D eigenvalue weighted by molar-refractivity contribution is 9.10. The summed E-state index contributed by atoms with van der Waals surface area (Å²) in [6.45, 7) is 4.01. The lowest BCUT2D eigenvalue weighted by atomic mass is 10.2. The van der Waals surface area contributed by atoms with Gasteiger partial charge in [0, 0.05) is 22.9 Å². The molecule has 0 radical (unpaired) electrons. The highest BCUT2D eigenvalue weighted by atomic mass is 79.9. The molecule has 118 valence electrons. The Hall–Kier alpha value is -1.66. The topological polar surface area (TPSA) is 53.1 Å². The Bertz CT molecular complexity index is 615. The third-order valence-corrected chi connectivity index (χ3v) is 4.03. The van der Waals surface area contributed by atoms with Gasteiger partial charge in [-0.25, -0.2) is 4.98 Å². The number of hydrogen-bond acceptors (Lipinski definition) is 5. The van der Waals surface area contributed by atoms with E-state index in [1.54, 1.807) is 6.20 Å². The molecule has 0 atom stereocenters. The number of nitrogens with one attached hydrogen (secondary N) is 2. The summed E-state index contributed by atoms with van der Waals surface area (Å²) in [5.74, 6) is 1.43. The largest absolute Gasteiger partial charge is 0.370 e. The molecule has 2 aromatic rings. The smallest absolute Gasteiger partial charge is 0.229 e. The number of nitrogens with zero attached hydrogens (tertiary/aromatic N) is 3. The van der Waals surface area contributed by atoms with Gasteiger partial charge in [0.2, 0.25) is 5.95 Å². The molecule has 22 heavy (non-hydrogen) atoms. The maximum absolute atomic E-state index is 4.47. The van der Waals surface area contributed by atoms with Crippen LogP contribution in [0, 0.1) is 6.92 Å². The van der Waals surface area contributed by atoms with Crippen LogP contribution in [-0.2, 0) is 0 Å². The van der Waals surface area contributed by atoms with E-state index in [2.05, 4.69) is 68.5 Å². The van der Waals surface area contributed by atoms with Gasteiger partial charge in [-0.15, -0.1) is 0 Å². The summed E-state index contributed by atoms with van der Waals surface area (Å²) in [6, 6.07) is 7.97. The molecule has 0 fully saturated rings. The van der Waals surface area contributed by atoms with Crippen LogP contribution in [0.2, 0.25) is 0 Å². The normalized spacial score (nSPS) is 10.8. The number of aromatic nitrogens is 2. The molecule has 0 amide bonds. The number of halogens is 1. The van der Waals surface area contributed by atoms with Crippen molar-refractivity contribution in [3.8, 4) is 0 Å². The Labute approximate surface area is 140 Å². The van der Waals surface area contributed by atoms with Gasteiger partial charge in [-0.05, 0) is 57.7 Å². The minimum absolute atomic E-state index is 0.591. The molecular formula is C16H22BrN5. The van der Waals surface area contributed by atoms with Crippen LogP contribution in [0.5, 0.6) is 0 Å². The molecule has 0 bridgehead atoms. The molecule has 2 N–H and O–H groups in total. The SMILES string of the molecule is Cc1ccc(Nc2nccc(NCCCN(C)C)n2)cc1Br. The Morgan fingerprint density at radius 1 is 1.23 bits per heavy atom. The molecule has 0 aliphatic heterocycles. The third kappa shape index (κ3) is 5.27. The van der Waals surface area contributed by atoms with Gasteiger partial charge in [0.25, 0.3) is 0 Å². The van der Waals surface area contributed by atoms with Crippen molar-refractivity contribution in [1.29, 1.82) is 0 Å². The zero-order valence-corrected chi connectivity index (χ0v) is 14.8. The predicted octanol–water partition coefficient (Wildman–Crippen LogP) is 3.65. The van der Waals surface area contributed by atoms with E-state index in [-0.39, 0.29) is 0 Å².